The molecule has 182 valence electrons. The van der Waals surface area contributed by atoms with Gasteiger partial charge in [0.1, 0.15) is 0 Å². The van der Waals surface area contributed by atoms with Crippen molar-refractivity contribution in [2.45, 2.75) is 48.9 Å². The molecule has 1 atom stereocenters. The SMILES string of the molecule is CCOC(=O)Cc1cnc(NC(=O)/C(=N/O[C@@H]2CCOC2)c2ccc(S(=O)(=O)C3CC3)cc2)s1. The molecule has 4 rings (SSSR count). The Morgan fingerprint density at radius 2 is 2.00 bits per heavy atom. The number of aromatic nitrogens is 1. The van der Waals surface area contributed by atoms with Gasteiger partial charge in [-0.3, -0.25) is 14.9 Å². The zero-order chi connectivity index (χ0) is 24.1. The summed E-state index contributed by atoms with van der Waals surface area (Å²) in [7, 11) is -3.35. The van der Waals surface area contributed by atoms with Crippen molar-refractivity contribution in [3.8, 4) is 0 Å². The van der Waals surface area contributed by atoms with Crippen LogP contribution in [0, 0.1) is 0 Å². The Bertz CT molecular complexity index is 1170. The van der Waals surface area contributed by atoms with Gasteiger partial charge in [-0.2, -0.15) is 0 Å². The van der Waals surface area contributed by atoms with Crippen LogP contribution in [0.25, 0.3) is 0 Å². The summed E-state index contributed by atoms with van der Waals surface area (Å²) in [6, 6.07) is 6.03. The molecule has 1 aromatic heterocycles. The molecule has 0 bridgehead atoms. The lowest BCUT2D eigenvalue weighted by Gasteiger charge is -2.10. The van der Waals surface area contributed by atoms with E-state index in [0.717, 1.165) is 11.3 Å². The highest BCUT2D eigenvalue weighted by atomic mass is 32.2. The van der Waals surface area contributed by atoms with Crippen molar-refractivity contribution in [2.24, 2.45) is 5.16 Å². The third-order valence-electron chi connectivity index (χ3n) is 5.21. The molecule has 1 aliphatic heterocycles. The first-order valence-corrected chi connectivity index (χ1v) is 13.3. The van der Waals surface area contributed by atoms with Crippen molar-refractivity contribution < 1.29 is 32.3 Å². The number of esters is 1. The van der Waals surface area contributed by atoms with E-state index in [1.165, 1.54) is 30.5 Å². The highest BCUT2D eigenvalue weighted by Gasteiger charge is 2.36. The van der Waals surface area contributed by atoms with Gasteiger partial charge in [-0.15, -0.1) is 11.3 Å². The minimum absolute atomic E-state index is 0.0237. The van der Waals surface area contributed by atoms with Gasteiger partial charge in [0.05, 0.1) is 36.4 Å². The topological polar surface area (TPSA) is 133 Å². The number of benzene rings is 1. The largest absolute Gasteiger partial charge is 0.466 e. The van der Waals surface area contributed by atoms with Crippen LogP contribution in [-0.4, -0.2) is 62.2 Å². The van der Waals surface area contributed by atoms with E-state index in [4.69, 9.17) is 14.3 Å². The van der Waals surface area contributed by atoms with Crippen LogP contribution < -0.4 is 5.32 Å². The zero-order valence-electron chi connectivity index (χ0n) is 18.6. The van der Waals surface area contributed by atoms with Crippen molar-refractivity contribution in [3.63, 3.8) is 0 Å². The summed E-state index contributed by atoms with van der Waals surface area (Å²) >= 11 is 1.15. The Morgan fingerprint density at radius 1 is 1.24 bits per heavy atom. The molecule has 0 unspecified atom stereocenters. The Balaban J connectivity index is 1.51. The molecule has 2 aromatic rings. The van der Waals surface area contributed by atoms with Gasteiger partial charge >= 0.3 is 5.97 Å². The van der Waals surface area contributed by atoms with Gasteiger partial charge in [0.2, 0.25) is 0 Å². The predicted octanol–water partition coefficient (Wildman–Crippen LogP) is 2.33. The molecule has 1 amide bonds. The number of amides is 1. The highest BCUT2D eigenvalue weighted by Crippen LogP contribution is 2.33. The summed E-state index contributed by atoms with van der Waals surface area (Å²) < 4.78 is 35.2. The monoisotopic (exact) mass is 507 g/mol. The third kappa shape index (κ3) is 5.99. The standard InChI is InChI=1S/C22H25N3O7S2/c1-2-31-19(26)11-16-12-23-22(33-16)24-21(27)20(25-32-15-9-10-30-13-15)14-3-5-17(6-4-14)34(28,29)18-7-8-18/h3-6,12,15,18H,2,7-11,13H2,1H3,(H,23,24,27)/b25-20+/t15-/m1/s1. The van der Waals surface area contributed by atoms with Gasteiger partial charge in [-0.05, 0) is 31.9 Å². The van der Waals surface area contributed by atoms with Gasteiger partial charge < -0.3 is 14.3 Å². The second-order valence-corrected chi connectivity index (χ2v) is 11.2. The van der Waals surface area contributed by atoms with E-state index in [0.29, 0.717) is 42.9 Å². The number of thiazole rings is 1. The summed E-state index contributed by atoms with van der Waals surface area (Å²) in [4.78, 5) is 35.2. The van der Waals surface area contributed by atoms with E-state index >= 15 is 0 Å². The number of ether oxygens (including phenoxy) is 2. The minimum Gasteiger partial charge on any atom is -0.466 e. The Labute approximate surface area is 201 Å². The minimum atomic E-state index is -3.35. The number of hydrogen-bond donors (Lipinski definition) is 1. The molecule has 10 nitrogen and oxygen atoms in total. The Morgan fingerprint density at radius 3 is 2.65 bits per heavy atom. The number of anilines is 1. The number of hydrogen-bond acceptors (Lipinski definition) is 10. The number of rotatable bonds is 10. The molecule has 0 radical (unpaired) electrons. The van der Waals surface area contributed by atoms with Crippen LogP contribution in [0.2, 0.25) is 0 Å². The fourth-order valence-electron chi connectivity index (χ4n) is 3.28. The summed E-state index contributed by atoms with van der Waals surface area (Å²) in [5.41, 5.74) is 0.374. The molecule has 1 saturated carbocycles. The van der Waals surface area contributed by atoms with E-state index < -0.39 is 15.7 Å². The first-order valence-electron chi connectivity index (χ1n) is 10.9. The molecule has 2 fully saturated rings. The average molecular weight is 508 g/mol. The van der Waals surface area contributed by atoms with Gasteiger partial charge in [-0.25, -0.2) is 13.4 Å². The first-order chi connectivity index (χ1) is 16.4. The molecule has 2 heterocycles. The maximum Gasteiger partial charge on any atom is 0.311 e. The lowest BCUT2D eigenvalue weighted by Crippen LogP contribution is -2.25. The molecular weight excluding hydrogens is 482 g/mol. The highest BCUT2D eigenvalue weighted by molar-refractivity contribution is 7.92. The van der Waals surface area contributed by atoms with Crippen molar-refractivity contribution in [1.29, 1.82) is 0 Å². The second kappa shape index (κ2) is 10.6. The van der Waals surface area contributed by atoms with Crippen molar-refractivity contribution in [2.75, 3.05) is 25.1 Å². The van der Waals surface area contributed by atoms with Crippen LogP contribution >= 0.6 is 11.3 Å². The van der Waals surface area contributed by atoms with Crippen LogP contribution in [0.15, 0.2) is 40.5 Å². The van der Waals surface area contributed by atoms with Crippen molar-refractivity contribution in [3.05, 3.63) is 40.9 Å². The molecule has 34 heavy (non-hydrogen) atoms. The predicted molar refractivity (Wildman–Crippen MR) is 125 cm³/mol. The van der Waals surface area contributed by atoms with Gasteiger partial charge in [0, 0.05) is 23.1 Å². The van der Waals surface area contributed by atoms with Crippen LogP contribution in [-0.2, 0) is 40.2 Å². The van der Waals surface area contributed by atoms with Crippen LogP contribution in [0.5, 0.6) is 0 Å². The second-order valence-electron chi connectivity index (χ2n) is 7.87. The molecule has 1 aromatic carbocycles. The summed E-state index contributed by atoms with van der Waals surface area (Å²) in [6.45, 7) is 2.94. The van der Waals surface area contributed by atoms with E-state index in [-0.39, 0.29) is 46.1 Å². The third-order valence-corrected chi connectivity index (χ3v) is 8.40. The summed E-state index contributed by atoms with van der Waals surface area (Å²) in [5, 5.41) is 6.70. The van der Waals surface area contributed by atoms with E-state index in [9.17, 15) is 18.0 Å². The molecule has 2 aliphatic rings. The van der Waals surface area contributed by atoms with Crippen LogP contribution in [0.1, 0.15) is 36.6 Å². The van der Waals surface area contributed by atoms with Gasteiger partial charge in [0.15, 0.2) is 26.8 Å². The number of nitrogens with zero attached hydrogens (tertiary/aromatic N) is 2. The molecule has 1 saturated heterocycles. The molecule has 0 spiro atoms. The summed E-state index contributed by atoms with van der Waals surface area (Å²) in [5.74, 6) is -0.951. The quantitative estimate of drug-likeness (QED) is 0.294. The summed E-state index contributed by atoms with van der Waals surface area (Å²) in [6.07, 6.45) is 3.28. The Kier molecular flexibility index (Phi) is 7.59. The smallest absolute Gasteiger partial charge is 0.311 e. The van der Waals surface area contributed by atoms with E-state index in [1.54, 1.807) is 6.92 Å². The Hall–Kier alpha value is -2.83. The van der Waals surface area contributed by atoms with Crippen molar-refractivity contribution in [1.82, 2.24) is 4.98 Å². The average Bonchev–Trinajstić information content (AvgIpc) is 3.40. The number of sulfone groups is 1. The number of carbonyl (C=O) groups excluding carboxylic acids is 2. The van der Waals surface area contributed by atoms with Gasteiger partial charge in [0.25, 0.3) is 5.91 Å². The van der Waals surface area contributed by atoms with Gasteiger partial charge in [-0.1, -0.05) is 17.3 Å². The molecule has 1 aliphatic carbocycles. The maximum absolute atomic E-state index is 13.1. The van der Waals surface area contributed by atoms with Crippen LogP contribution in [0.3, 0.4) is 0 Å². The normalized spacial score (nSPS) is 18.5. The van der Waals surface area contributed by atoms with Crippen LogP contribution in [0.4, 0.5) is 5.13 Å². The fourth-order valence-corrected chi connectivity index (χ4v) is 5.73. The maximum atomic E-state index is 13.1. The number of oxime groups is 1. The molecule has 1 N–H and O–H groups in total. The number of carbonyl (C=O) groups is 2. The lowest BCUT2D eigenvalue weighted by molar-refractivity contribution is -0.142. The molecule has 12 heteroatoms. The lowest BCUT2D eigenvalue weighted by atomic mass is 10.1. The van der Waals surface area contributed by atoms with E-state index in [1.807, 2.05) is 0 Å². The molecular formula is C22H25N3O7S2. The van der Waals surface area contributed by atoms with E-state index in [2.05, 4.69) is 15.5 Å². The first kappa shape index (κ1) is 24.3. The van der Waals surface area contributed by atoms with Crippen molar-refractivity contribution >= 4 is 43.9 Å². The fraction of sp³-hybridized carbons (Fsp3) is 0.455. The zero-order valence-corrected chi connectivity index (χ0v) is 20.2. The number of nitrogens with one attached hydrogen (secondary N) is 1.